The van der Waals surface area contributed by atoms with Gasteiger partial charge in [0, 0.05) is 204 Å². The van der Waals surface area contributed by atoms with Gasteiger partial charge >= 0.3 is 0 Å². The Labute approximate surface area is 804 Å². The van der Waals surface area contributed by atoms with E-state index in [4.69, 9.17) is 42.1 Å². The first-order valence-corrected chi connectivity index (χ1v) is 51.3. The number of rotatable bonds is 27. The van der Waals surface area contributed by atoms with Crippen LogP contribution in [0.15, 0.2) is 179 Å². The van der Waals surface area contributed by atoms with Crippen LogP contribution in [0, 0.1) is 42.9 Å². The van der Waals surface area contributed by atoms with Gasteiger partial charge in [0.25, 0.3) is 43.2 Å². The standard InChI is InChI=1S/C52H61ClN8O7S.C50H59ClN8O7S/c1-52(2)15-12-38(46(31-52)36-6-8-39(53)9-7-36)33-58-20-24-60(25-21-58)41-10-11-44(49(28-41)68-42-27-37-13-16-54-50(37)55-32-42)51(62)56-69(65,66)43-29-47(61(63)64)45-26-35(34-67-48(45)30-43)14-17-57-18-22-59(23-19-57)40-4-3-5-40;1-33-30-56(18-17-55(33)4)16-13-34-23-43-45(59(61)62)26-41(27-46(43)65-32-34)67(63,64)54-49(60)42-10-9-39(25-47(42)66-40-24-36-12-15-52-48(36)53-29-40)58-21-19-57(20-22-58)31-37-11-14-50(2,3)28-44(37)35-5-7-38(51)8-6-35/h6-11,13,16,27-30,32,35,40H,3-5,12,14-15,17-26,31,33-34H2,1-2H3,(H,54,55)(H,56,62);5-10,12,15,24-27,29,33-34H,11,13-14,16-23,28,30-32H2,1-4H3,(H,52,53)(H,54,60)/t35-;33-,34+/m10/s1. The summed E-state index contributed by atoms with van der Waals surface area (Å²) in [6, 6.07) is 39.7. The molecule has 4 saturated heterocycles. The Morgan fingerprint density at radius 3 is 1.38 bits per heavy atom. The topological polar surface area (TPSA) is 333 Å². The average molecular weight is 1930 g/mol. The number of pyridine rings is 2. The van der Waals surface area contributed by atoms with Crippen LogP contribution in [-0.4, -0.2) is 245 Å². The third-order valence-corrected chi connectivity index (χ3v) is 32.3. The number of amides is 2. The third-order valence-electron chi connectivity index (χ3n) is 29.2. The van der Waals surface area contributed by atoms with Crippen LogP contribution in [0.25, 0.3) is 33.2 Å². The molecule has 0 unspecified atom stereocenters. The van der Waals surface area contributed by atoms with E-state index < -0.39 is 51.5 Å². The van der Waals surface area contributed by atoms with E-state index in [0.29, 0.717) is 66.0 Å². The Kier molecular flexibility index (Phi) is 28.4. The number of hydrogen-bond acceptors (Lipinski definition) is 24. The number of H-pyrrole nitrogens is 2. The summed E-state index contributed by atoms with van der Waals surface area (Å²) in [7, 11) is -7.13. The van der Waals surface area contributed by atoms with E-state index in [-0.39, 0.29) is 68.2 Å². The van der Waals surface area contributed by atoms with Crippen molar-refractivity contribution in [3.63, 3.8) is 0 Å². The number of aromatic nitrogens is 4. The number of nitro benzene ring substituents is 2. The van der Waals surface area contributed by atoms with Crippen molar-refractivity contribution in [3.8, 4) is 34.5 Å². The van der Waals surface area contributed by atoms with Gasteiger partial charge in [-0.1, -0.05) is 92.7 Å². The molecule has 30 nitrogen and oxygen atoms in total. The number of piperazine rings is 4. The highest BCUT2D eigenvalue weighted by Crippen LogP contribution is 2.48. The fraction of sp³-hybridized carbons (Fsp3) is 0.451. The molecule has 718 valence electrons. The highest BCUT2D eigenvalue weighted by Gasteiger charge is 2.39. The zero-order valence-electron chi connectivity index (χ0n) is 78.0. The van der Waals surface area contributed by atoms with Crippen molar-refractivity contribution in [1.29, 1.82) is 0 Å². The Bertz CT molecular complexity index is 6440. The van der Waals surface area contributed by atoms with Crippen molar-refractivity contribution >= 4 is 111 Å². The van der Waals surface area contributed by atoms with E-state index in [1.807, 2.05) is 36.4 Å². The number of allylic oxidation sites excluding steroid dienone is 2. The van der Waals surface area contributed by atoms with Crippen LogP contribution in [0.4, 0.5) is 22.7 Å². The maximum absolute atomic E-state index is 14.1. The van der Waals surface area contributed by atoms with Crippen molar-refractivity contribution in [2.24, 2.45) is 22.7 Å². The van der Waals surface area contributed by atoms with Crippen molar-refractivity contribution in [1.82, 2.24) is 58.8 Å². The molecule has 0 spiro atoms. The summed E-state index contributed by atoms with van der Waals surface area (Å²) in [6.07, 6.45) is 19.3. The zero-order chi connectivity index (χ0) is 94.9. The molecule has 19 rings (SSSR count). The molecule has 6 aromatic carbocycles. The van der Waals surface area contributed by atoms with E-state index in [1.165, 1.54) is 77.2 Å². The molecule has 34 heteroatoms. The molecule has 10 aromatic rings. The van der Waals surface area contributed by atoms with Crippen LogP contribution in [-0.2, 0) is 32.9 Å². The first-order chi connectivity index (χ1) is 65.3. The van der Waals surface area contributed by atoms with Crippen molar-refractivity contribution < 1.29 is 55.2 Å². The molecule has 0 radical (unpaired) electrons. The molecule has 0 bridgehead atoms. The highest BCUT2D eigenvalue weighted by atomic mass is 35.5. The normalized spacial score (nSPS) is 20.6. The Balaban J connectivity index is 0.000000181. The number of anilines is 2. The van der Waals surface area contributed by atoms with Gasteiger partial charge in [-0.25, -0.2) is 36.2 Å². The number of carbonyl (C=O) groups excluding carboxylic acids is 2. The molecule has 3 atom stereocenters. The first-order valence-electron chi connectivity index (χ1n) is 47.6. The predicted molar refractivity (Wildman–Crippen MR) is 529 cm³/mol. The van der Waals surface area contributed by atoms with Crippen molar-refractivity contribution in [2.45, 2.75) is 140 Å². The Morgan fingerprint density at radius 2 is 0.963 bits per heavy atom. The van der Waals surface area contributed by atoms with Crippen LogP contribution in [0.1, 0.15) is 148 Å². The molecule has 4 N–H and O–H groups in total. The first kappa shape index (κ1) is 95.3. The summed E-state index contributed by atoms with van der Waals surface area (Å²) in [5.74, 6) is -0.589. The number of carbonyl (C=O) groups is 2. The van der Waals surface area contributed by atoms with E-state index in [1.54, 1.807) is 60.9 Å². The van der Waals surface area contributed by atoms with Crippen LogP contribution >= 0.6 is 23.2 Å². The number of nitrogens with one attached hydrogen (secondary N) is 4. The van der Waals surface area contributed by atoms with Gasteiger partial charge in [-0.2, -0.15) is 0 Å². The molecule has 1 saturated carbocycles. The number of nitro groups is 2. The molecule has 136 heavy (non-hydrogen) atoms. The number of sulfonamides is 2. The van der Waals surface area contributed by atoms with E-state index in [2.05, 4.69) is 135 Å². The fourth-order valence-corrected chi connectivity index (χ4v) is 22.8. The van der Waals surface area contributed by atoms with Gasteiger partial charge in [-0.15, -0.1) is 0 Å². The lowest BCUT2D eigenvalue weighted by Crippen LogP contribution is -2.52. The van der Waals surface area contributed by atoms with Gasteiger partial charge in [0.1, 0.15) is 45.8 Å². The van der Waals surface area contributed by atoms with E-state index in [9.17, 15) is 46.7 Å². The number of hydrogen-bond donors (Lipinski definition) is 4. The van der Waals surface area contributed by atoms with Crippen molar-refractivity contribution in [2.75, 3.05) is 154 Å². The molecule has 10 heterocycles. The minimum Gasteiger partial charge on any atom is -0.493 e. The summed E-state index contributed by atoms with van der Waals surface area (Å²) in [6.45, 7) is 28.9. The lowest BCUT2D eigenvalue weighted by molar-refractivity contribution is -0.386. The van der Waals surface area contributed by atoms with Crippen LogP contribution in [0.5, 0.6) is 34.5 Å². The zero-order valence-corrected chi connectivity index (χ0v) is 81.2. The molecule has 2 amide bonds. The second kappa shape index (κ2) is 40.6. The summed E-state index contributed by atoms with van der Waals surface area (Å²) >= 11 is 12.5. The smallest absolute Gasteiger partial charge is 0.277 e. The highest BCUT2D eigenvalue weighted by molar-refractivity contribution is 7.90. The fourth-order valence-electron chi connectivity index (χ4n) is 20.6. The van der Waals surface area contributed by atoms with E-state index in [0.717, 1.165) is 226 Å². The van der Waals surface area contributed by atoms with Gasteiger partial charge < -0.3 is 53.4 Å². The number of ether oxygens (including phenoxy) is 4. The molecule has 6 aliphatic heterocycles. The minimum atomic E-state index is -4.63. The lowest BCUT2D eigenvalue weighted by Gasteiger charge is -2.43. The van der Waals surface area contributed by atoms with Crippen molar-refractivity contribution in [3.05, 3.63) is 233 Å². The van der Waals surface area contributed by atoms with Gasteiger partial charge in [-0.3, -0.25) is 44.5 Å². The molecule has 5 fully saturated rings. The van der Waals surface area contributed by atoms with Crippen LogP contribution in [0.2, 0.25) is 10.0 Å². The van der Waals surface area contributed by atoms with Crippen LogP contribution in [0.3, 0.4) is 0 Å². The molecule has 3 aliphatic carbocycles. The number of benzene rings is 6. The summed E-state index contributed by atoms with van der Waals surface area (Å²) < 4.78 is 85.2. The summed E-state index contributed by atoms with van der Waals surface area (Å²) in [4.78, 5) is 85.4. The number of nitrogens with zero attached hydrogens (tertiary/aromatic N) is 12. The largest absolute Gasteiger partial charge is 0.493 e. The van der Waals surface area contributed by atoms with Crippen LogP contribution < -0.4 is 38.2 Å². The number of aromatic amines is 2. The number of likely N-dealkylation sites (N-methyl/N-ethyl adjacent to an activating group) is 1. The van der Waals surface area contributed by atoms with E-state index >= 15 is 0 Å². The second-order valence-corrected chi connectivity index (χ2v) is 44.0. The number of halogens is 2. The average Bonchev–Trinajstić information content (AvgIpc) is 0.796. The lowest BCUT2D eigenvalue weighted by atomic mass is 9.72. The molecular weight excluding hydrogens is 1810 g/mol. The molecule has 4 aromatic heterocycles. The minimum absolute atomic E-state index is 0.0303. The Morgan fingerprint density at radius 1 is 0.537 bits per heavy atom. The molecule has 9 aliphatic rings. The summed E-state index contributed by atoms with van der Waals surface area (Å²) in [5.41, 5.74) is 11.6. The van der Waals surface area contributed by atoms with Gasteiger partial charge in [-0.05, 0) is 222 Å². The SMILES string of the molecule is CC1(C)CCC(CN2CCN(c3ccc(C(=O)NS(=O)(=O)c4cc5c(c([N+](=O)[O-])c4)C[C@@H](CCN4CCN(C6CCC6)CC4)CO5)c(Oc4cnc5[nH]ccc5c4)c3)CC2)=C(c2ccc(Cl)cc2)C1.C[C@H]1CN(CC[C@H]2COc3cc(S(=O)(=O)NC(=O)c4ccc(N5CCN(CC6=C(c7ccc(Cl)cc7)CC(C)(C)CC6)CC5)cc4Oc4cnc5[nH]ccc5c4)cc([N+](=O)[O-])c3C2)CCN1C. The predicted octanol–water partition coefficient (Wildman–Crippen LogP) is 17.3. The monoisotopic (exact) mass is 1930 g/mol. The third kappa shape index (κ3) is 22.4. The maximum atomic E-state index is 14.1. The summed E-state index contributed by atoms with van der Waals surface area (Å²) in [5, 5.41) is 28.0. The van der Waals surface area contributed by atoms with Gasteiger partial charge in [0.15, 0.2) is 0 Å². The second-order valence-electron chi connectivity index (χ2n) is 39.8. The Hall–Kier alpha value is -11.0. The van der Waals surface area contributed by atoms with Gasteiger partial charge in [0.2, 0.25) is 0 Å². The quantitative estimate of drug-likeness (QED) is 0.0274. The number of fused-ring (bicyclic) bond motifs is 4. The van der Waals surface area contributed by atoms with Gasteiger partial charge in [0.05, 0.1) is 67.5 Å². The molecular formula is C102H120Cl2N16O14S2. The maximum Gasteiger partial charge on any atom is 0.277 e.